The highest BCUT2D eigenvalue weighted by atomic mass is 28.3. The first kappa shape index (κ1) is 53.7. The Morgan fingerprint density at radius 1 is 0.290 bits per heavy atom. The molecule has 93 heavy (non-hydrogen) atoms. The molecule has 1 unspecified atom stereocenters. The maximum absolute atomic E-state index is 6.82. The number of benzene rings is 14. The van der Waals surface area contributed by atoms with Crippen molar-refractivity contribution in [3.05, 3.63) is 378 Å². The predicted molar refractivity (Wildman–Crippen MR) is 389 cm³/mol. The molecule has 2 heterocycles. The summed E-state index contributed by atoms with van der Waals surface area (Å²) in [6.07, 6.45) is 0. The van der Waals surface area contributed by atoms with Gasteiger partial charge < -0.3 is 9.32 Å². The average Bonchev–Trinajstić information content (AvgIpc) is 1.53. The molecule has 0 radical (unpaired) electrons. The van der Waals surface area contributed by atoms with Crippen LogP contribution in [0.2, 0.25) is 0 Å². The first-order valence-corrected chi connectivity index (χ1v) is 34.7. The highest BCUT2D eigenvalue weighted by Gasteiger charge is 2.52. The Balaban J connectivity index is 0.803. The number of rotatable bonds is 9. The van der Waals surface area contributed by atoms with Crippen LogP contribution in [0.1, 0.15) is 70.8 Å². The summed E-state index contributed by atoms with van der Waals surface area (Å²) in [4.78, 5) is 2.50. The van der Waals surface area contributed by atoms with E-state index in [0.717, 1.165) is 44.6 Å². The predicted octanol–water partition coefficient (Wildman–Crippen LogP) is 20.1. The first-order chi connectivity index (χ1) is 45.7. The van der Waals surface area contributed by atoms with Crippen molar-refractivity contribution in [2.45, 2.75) is 37.0 Å². The minimum Gasteiger partial charge on any atom is -0.456 e. The molecule has 1 aliphatic heterocycles. The molecule has 1 atom stereocenters. The van der Waals surface area contributed by atoms with Crippen LogP contribution in [0.4, 0.5) is 17.1 Å². The van der Waals surface area contributed by atoms with Crippen molar-refractivity contribution in [3.63, 3.8) is 0 Å². The third-order valence-electron chi connectivity index (χ3n) is 21.9. The topological polar surface area (TPSA) is 16.4 Å². The lowest BCUT2D eigenvalue weighted by Crippen LogP contribution is -2.72. The van der Waals surface area contributed by atoms with Gasteiger partial charge in [-0.25, -0.2) is 0 Å². The number of fused-ring (bicyclic) bond motifs is 16. The highest BCUT2D eigenvalue weighted by Crippen LogP contribution is 2.59. The van der Waals surface area contributed by atoms with Gasteiger partial charge in [0.1, 0.15) is 11.2 Å². The van der Waals surface area contributed by atoms with Crippen molar-refractivity contribution >= 4 is 67.8 Å². The average molecular weight is 1200 g/mol. The molecule has 2 nitrogen and oxygen atoms in total. The number of anilines is 3. The highest BCUT2D eigenvalue weighted by molar-refractivity contribution is 7.22. The van der Waals surface area contributed by atoms with E-state index in [2.05, 4.69) is 353 Å². The zero-order chi connectivity index (χ0) is 61.8. The molecule has 3 aliphatic carbocycles. The lowest BCUT2D eigenvalue weighted by atomic mass is 9.67. The Kier molecular flexibility index (Phi) is 11.5. The maximum atomic E-state index is 6.82. The van der Waals surface area contributed by atoms with Crippen molar-refractivity contribution < 1.29 is 4.42 Å². The van der Waals surface area contributed by atoms with Crippen LogP contribution in [-0.2, 0) is 16.2 Å². The van der Waals surface area contributed by atoms with Crippen LogP contribution < -0.4 is 25.6 Å². The second-order valence-corrected chi connectivity index (χ2v) is 30.4. The van der Waals surface area contributed by atoms with Crippen LogP contribution >= 0.6 is 0 Å². The summed E-state index contributed by atoms with van der Waals surface area (Å²) < 4.78 is 6.82. The van der Waals surface area contributed by atoms with Gasteiger partial charge in [0.25, 0.3) is 0 Å². The van der Waals surface area contributed by atoms with Gasteiger partial charge in [0.15, 0.2) is 8.07 Å². The second kappa shape index (κ2) is 19.9. The molecule has 0 N–H and O–H groups in total. The molecule has 4 aliphatic rings. The zero-order valence-corrected chi connectivity index (χ0v) is 53.0. The minimum absolute atomic E-state index is 0.145. The van der Waals surface area contributed by atoms with Crippen LogP contribution in [0, 0.1) is 0 Å². The van der Waals surface area contributed by atoms with E-state index < -0.39 is 13.5 Å². The Morgan fingerprint density at radius 2 is 0.839 bits per heavy atom. The molecule has 438 valence electrons. The lowest BCUT2D eigenvalue weighted by Gasteiger charge is -2.35. The summed E-state index contributed by atoms with van der Waals surface area (Å²) in [7, 11) is -3.11. The van der Waals surface area contributed by atoms with Gasteiger partial charge in [0.2, 0.25) is 0 Å². The third kappa shape index (κ3) is 7.34. The van der Waals surface area contributed by atoms with Gasteiger partial charge in [-0.2, -0.15) is 0 Å². The Hall–Kier alpha value is -11.1. The van der Waals surface area contributed by atoms with Crippen molar-refractivity contribution in [1.29, 1.82) is 0 Å². The number of hydrogen-bond donors (Lipinski definition) is 0. The molecule has 0 saturated heterocycles. The van der Waals surface area contributed by atoms with E-state index in [9.17, 15) is 0 Å². The van der Waals surface area contributed by atoms with Crippen LogP contribution in [0.15, 0.2) is 332 Å². The summed E-state index contributed by atoms with van der Waals surface area (Å²) in [5.74, 6) is 0. The summed E-state index contributed by atoms with van der Waals surface area (Å²) in [6, 6.07) is 124. The molecule has 3 heteroatoms. The monoisotopic (exact) mass is 1200 g/mol. The fraction of sp³-hybridized carbons (Fsp3) is 0.0667. The SMILES string of the molecule is CC1(C)c2ccccc2-c2c1ccc1c2-c2ccccc2[Si]1(c1cccc(-c2ccc(N(c3cccc(C4(C)c5ccccc5-c5ccccc54)c3)c3ccc4c(c3)C(c3ccccc3)(c3ccccc3)c3ccccc3-4)cc2)c1)c1ccc2c(c1)oc1ccccc12. The molecule has 19 rings (SSSR count). The zero-order valence-electron chi connectivity index (χ0n) is 52.0. The van der Waals surface area contributed by atoms with E-state index in [1.807, 2.05) is 0 Å². The van der Waals surface area contributed by atoms with E-state index in [4.69, 9.17) is 4.42 Å². The van der Waals surface area contributed by atoms with E-state index in [1.54, 1.807) is 0 Å². The van der Waals surface area contributed by atoms with Gasteiger partial charge in [-0.05, 0) is 182 Å². The van der Waals surface area contributed by atoms with Crippen molar-refractivity contribution in [3.8, 4) is 55.6 Å². The van der Waals surface area contributed by atoms with Crippen LogP contribution in [0.3, 0.4) is 0 Å². The molecule has 15 aromatic rings. The molecule has 0 saturated carbocycles. The van der Waals surface area contributed by atoms with Crippen LogP contribution in [-0.4, -0.2) is 8.07 Å². The summed E-state index contributed by atoms with van der Waals surface area (Å²) in [5, 5.41) is 7.79. The quantitative estimate of drug-likeness (QED) is 0.134. The smallest absolute Gasteiger partial charge is 0.181 e. The molecular weight excluding hydrogens is 1140 g/mol. The molecule has 0 bridgehead atoms. The van der Waals surface area contributed by atoms with E-state index in [-0.39, 0.29) is 10.8 Å². The Labute approximate surface area is 544 Å². The van der Waals surface area contributed by atoms with Crippen molar-refractivity contribution in [2.75, 3.05) is 4.90 Å². The first-order valence-electron chi connectivity index (χ1n) is 32.7. The van der Waals surface area contributed by atoms with E-state index in [0.29, 0.717) is 0 Å². The van der Waals surface area contributed by atoms with Gasteiger partial charge in [-0.3, -0.25) is 0 Å². The summed E-state index contributed by atoms with van der Waals surface area (Å²) in [5.41, 5.74) is 28.6. The van der Waals surface area contributed by atoms with E-state index >= 15 is 0 Å². The third-order valence-corrected chi connectivity index (χ3v) is 26.7. The van der Waals surface area contributed by atoms with Gasteiger partial charge in [-0.15, -0.1) is 0 Å². The van der Waals surface area contributed by atoms with Crippen LogP contribution in [0.25, 0.3) is 77.6 Å². The number of nitrogens with zero attached hydrogens (tertiary/aromatic N) is 1. The van der Waals surface area contributed by atoms with Crippen molar-refractivity contribution in [2.24, 2.45) is 0 Å². The number of hydrogen-bond acceptors (Lipinski definition) is 2. The van der Waals surface area contributed by atoms with Crippen LogP contribution in [0.5, 0.6) is 0 Å². The molecular formula is C90H63NOSi. The van der Waals surface area contributed by atoms with Gasteiger partial charge >= 0.3 is 0 Å². The molecule has 0 spiro atoms. The molecule has 0 amide bonds. The fourth-order valence-corrected chi connectivity index (χ4v) is 23.0. The normalized spacial score (nSPS) is 16.0. The van der Waals surface area contributed by atoms with E-state index in [1.165, 1.54) is 121 Å². The second-order valence-electron chi connectivity index (χ2n) is 26.7. The summed E-state index contributed by atoms with van der Waals surface area (Å²) >= 11 is 0. The minimum atomic E-state index is -3.11. The van der Waals surface area contributed by atoms with Gasteiger partial charge in [-0.1, -0.05) is 293 Å². The number of furan rings is 1. The van der Waals surface area contributed by atoms with Gasteiger partial charge in [0.05, 0.1) is 5.41 Å². The number of para-hydroxylation sites is 1. The molecule has 0 fully saturated rings. The molecule has 1 aromatic heterocycles. The van der Waals surface area contributed by atoms with Gasteiger partial charge in [0, 0.05) is 38.7 Å². The summed E-state index contributed by atoms with van der Waals surface area (Å²) in [6.45, 7) is 7.22. The largest absolute Gasteiger partial charge is 0.456 e. The standard InChI is InChI=1S/C90H63NOSi/c1-88(2)76-38-16-13-36-74(76)86-80(88)52-53-85-87(86)75-37-15-21-43-84(75)93(85,67-49-51-73-72-35-14-20-42-82(72)92-83(73)57-67)66-31-22-24-59(54-66)58-44-46-63(47-45-58)91(64-30-23-29-62(55-64)89(3)77-39-17-10-32-68(77)69-33-11-18-40-78(69)89)65-48-50-71-70-34-12-19-41-79(70)90(81(71)56-65,60-25-6-4-7-26-60)61-27-8-5-9-28-61/h4-57H,1-3H3. The maximum Gasteiger partial charge on any atom is 0.181 e. The fourth-order valence-electron chi connectivity index (χ4n) is 17.8. The lowest BCUT2D eigenvalue weighted by molar-refractivity contribution is 0.660. The molecule has 14 aromatic carbocycles. The van der Waals surface area contributed by atoms with Crippen molar-refractivity contribution in [1.82, 2.24) is 0 Å². The Morgan fingerprint density at radius 3 is 1.57 bits per heavy atom. The Bertz CT molecular complexity index is 5490.